The summed E-state index contributed by atoms with van der Waals surface area (Å²) in [6.45, 7) is 4.49. The zero-order valence-corrected chi connectivity index (χ0v) is 21.1. The van der Waals surface area contributed by atoms with Crippen LogP contribution < -0.4 is 4.74 Å². The Morgan fingerprint density at radius 1 is 1.00 bits per heavy atom. The maximum atomic E-state index is 12.7. The van der Waals surface area contributed by atoms with Gasteiger partial charge in [-0.05, 0) is 56.1 Å². The average Bonchev–Trinajstić information content (AvgIpc) is 2.84. The number of para-hydroxylation sites is 1. The average molecular weight is 483 g/mol. The van der Waals surface area contributed by atoms with E-state index in [1.165, 1.54) is 5.56 Å². The number of hydrogen-bond acceptors (Lipinski definition) is 5. The highest BCUT2D eigenvalue weighted by Gasteiger charge is 2.50. The second-order valence-corrected chi connectivity index (χ2v) is 11.1. The van der Waals surface area contributed by atoms with E-state index in [9.17, 15) is 8.42 Å². The maximum absolute atomic E-state index is 12.7. The Bertz CT molecular complexity index is 1140. The quantitative estimate of drug-likeness (QED) is 0.591. The van der Waals surface area contributed by atoms with Gasteiger partial charge in [-0.25, -0.2) is 12.7 Å². The van der Waals surface area contributed by atoms with Gasteiger partial charge in [0.1, 0.15) is 5.75 Å². The molecule has 0 N–H and O–H groups in total. The molecule has 182 valence electrons. The van der Waals surface area contributed by atoms with Crippen molar-refractivity contribution in [1.29, 1.82) is 0 Å². The largest absolute Gasteiger partial charge is 0.495 e. The second kappa shape index (κ2) is 10.9. The first kappa shape index (κ1) is 24.7. The molecule has 2 aromatic carbocycles. The van der Waals surface area contributed by atoms with Crippen LogP contribution in [0.25, 0.3) is 0 Å². The third-order valence-electron chi connectivity index (χ3n) is 6.99. The lowest BCUT2D eigenvalue weighted by Crippen LogP contribution is -2.68. The molecule has 4 rings (SSSR count). The maximum Gasteiger partial charge on any atom is 0.213 e. The Kier molecular flexibility index (Phi) is 7.95. The van der Waals surface area contributed by atoms with Gasteiger partial charge in [0.15, 0.2) is 0 Å². The van der Waals surface area contributed by atoms with Crippen molar-refractivity contribution in [2.45, 2.75) is 37.8 Å². The zero-order valence-electron chi connectivity index (χ0n) is 20.2. The fourth-order valence-electron chi connectivity index (χ4n) is 5.17. The van der Waals surface area contributed by atoms with Crippen molar-refractivity contribution in [3.8, 4) is 17.6 Å². The van der Waals surface area contributed by atoms with Gasteiger partial charge in [-0.1, -0.05) is 36.1 Å². The lowest BCUT2D eigenvalue weighted by Gasteiger charge is -2.57. The fourth-order valence-corrected chi connectivity index (χ4v) is 6.32. The highest BCUT2D eigenvalue weighted by Crippen LogP contribution is 2.42. The van der Waals surface area contributed by atoms with E-state index in [0.717, 1.165) is 36.3 Å². The number of benzene rings is 2. The van der Waals surface area contributed by atoms with Gasteiger partial charge in [0, 0.05) is 43.8 Å². The number of nitrogens with zero attached hydrogens (tertiary/aromatic N) is 2. The molecule has 0 amide bonds. The number of hydrogen-bond donors (Lipinski definition) is 0. The minimum Gasteiger partial charge on any atom is -0.495 e. The van der Waals surface area contributed by atoms with E-state index in [1.54, 1.807) is 25.4 Å². The van der Waals surface area contributed by atoms with Crippen LogP contribution in [0.2, 0.25) is 0 Å². The summed E-state index contributed by atoms with van der Waals surface area (Å²) in [5.41, 5.74) is 3.00. The molecule has 2 aliphatic rings. The van der Waals surface area contributed by atoms with Gasteiger partial charge in [0.05, 0.1) is 25.0 Å². The third-order valence-corrected chi connectivity index (χ3v) is 8.83. The van der Waals surface area contributed by atoms with E-state index < -0.39 is 10.0 Å². The zero-order chi connectivity index (χ0) is 24.1. The molecule has 2 aliphatic heterocycles. The summed E-state index contributed by atoms with van der Waals surface area (Å²) < 4.78 is 38.0. The van der Waals surface area contributed by atoms with Crippen molar-refractivity contribution in [3.63, 3.8) is 0 Å². The first-order valence-electron chi connectivity index (χ1n) is 12.0. The molecule has 2 saturated heterocycles. The van der Waals surface area contributed by atoms with Crippen LogP contribution >= 0.6 is 0 Å². The van der Waals surface area contributed by atoms with Crippen LogP contribution in [0.3, 0.4) is 0 Å². The first-order chi connectivity index (χ1) is 16.5. The molecule has 0 aromatic heterocycles. The molecule has 0 radical (unpaired) electrons. The summed E-state index contributed by atoms with van der Waals surface area (Å²) in [6, 6.07) is 16.5. The predicted octanol–water partition coefficient (Wildman–Crippen LogP) is 3.32. The van der Waals surface area contributed by atoms with Crippen molar-refractivity contribution in [2.24, 2.45) is 0 Å². The van der Waals surface area contributed by atoms with Crippen LogP contribution in [0, 0.1) is 11.8 Å². The molecule has 7 heteroatoms. The molecule has 0 saturated carbocycles. The van der Waals surface area contributed by atoms with Crippen LogP contribution in [0.1, 0.15) is 42.4 Å². The number of rotatable bonds is 6. The summed E-state index contributed by atoms with van der Waals surface area (Å²) in [5, 5.41) is 0. The van der Waals surface area contributed by atoms with Gasteiger partial charge in [-0.2, -0.15) is 0 Å². The van der Waals surface area contributed by atoms with Crippen molar-refractivity contribution in [3.05, 3.63) is 65.2 Å². The minimum absolute atomic E-state index is 0.144. The van der Waals surface area contributed by atoms with Gasteiger partial charge < -0.3 is 9.47 Å². The van der Waals surface area contributed by atoms with E-state index in [4.69, 9.17) is 9.47 Å². The molecule has 3 atom stereocenters. The summed E-state index contributed by atoms with van der Waals surface area (Å²) >= 11 is 0. The topological polar surface area (TPSA) is 59.1 Å². The van der Waals surface area contributed by atoms with E-state index in [-0.39, 0.29) is 23.8 Å². The first-order valence-corrected chi connectivity index (χ1v) is 13.6. The van der Waals surface area contributed by atoms with E-state index in [2.05, 4.69) is 28.9 Å². The Morgan fingerprint density at radius 3 is 2.44 bits per heavy atom. The molecule has 0 aliphatic carbocycles. The molecule has 2 fully saturated rings. The smallest absolute Gasteiger partial charge is 0.213 e. The summed E-state index contributed by atoms with van der Waals surface area (Å²) in [7, 11) is 0.166. The van der Waals surface area contributed by atoms with Crippen molar-refractivity contribution in [1.82, 2.24) is 9.21 Å². The monoisotopic (exact) mass is 482 g/mol. The molecule has 0 unspecified atom stereocenters. The van der Waals surface area contributed by atoms with Crippen molar-refractivity contribution >= 4 is 10.0 Å². The van der Waals surface area contributed by atoms with E-state index in [0.29, 0.717) is 19.7 Å². The molecule has 34 heavy (non-hydrogen) atoms. The molecule has 2 heterocycles. The van der Waals surface area contributed by atoms with Crippen molar-refractivity contribution in [2.75, 3.05) is 46.2 Å². The summed E-state index contributed by atoms with van der Waals surface area (Å²) in [6.07, 6.45) is 1.89. The van der Waals surface area contributed by atoms with Gasteiger partial charge in [0.25, 0.3) is 0 Å². The summed E-state index contributed by atoms with van der Waals surface area (Å²) in [4.78, 5) is 2.45. The Hall–Kier alpha value is -2.37. The normalized spacial score (nSPS) is 23.6. The molecular weight excluding hydrogens is 448 g/mol. The lowest BCUT2D eigenvalue weighted by molar-refractivity contribution is -0.0634. The predicted molar refractivity (Wildman–Crippen MR) is 135 cm³/mol. The molecule has 2 aromatic rings. The number of sulfonamides is 1. The van der Waals surface area contributed by atoms with Crippen molar-refractivity contribution < 1.29 is 17.9 Å². The van der Waals surface area contributed by atoms with Crippen LogP contribution in [0.15, 0.2) is 48.5 Å². The lowest BCUT2D eigenvalue weighted by atomic mass is 9.74. The number of methoxy groups -OCH3 is 2. The third kappa shape index (κ3) is 5.16. The number of fused-ring (bicyclic) bond motifs is 1. The van der Waals surface area contributed by atoms with Gasteiger partial charge in [-0.15, -0.1) is 0 Å². The Morgan fingerprint density at radius 2 is 1.74 bits per heavy atom. The minimum atomic E-state index is -3.22. The SMILES string of the molecule is CCS(=O)(=O)N1CCCCN2[C@@H](COC)[C@@H](c3ccc(C#Cc4ccccc4OC)cc3)[C@@H]2C1. The van der Waals surface area contributed by atoms with E-state index >= 15 is 0 Å². The highest BCUT2D eigenvalue weighted by molar-refractivity contribution is 7.89. The Balaban J connectivity index is 1.57. The highest BCUT2D eigenvalue weighted by atomic mass is 32.2. The standard InChI is InChI=1S/C27H34N2O4S/c1-4-34(30,31)28-17-7-8-18-29-24(19-28)27(25(29)20-32-2)23-15-12-21(13-16-23)11-14-22-9-5-6-10-26(22)33-3/h5-6,9-10,12-13,15-16,24-25,27H,4,7-8,17-20H2,1-3H3/t24-,25-,27-/m0/s1. The molecule has 0 bridgehead atoms. The molecule has 6 nitrogen and oxygen atoms in total. The van der Waals surface area contributed by atoms with Crippen LogP contribution in [-0.4, -0.2) is 75.9 Å². The van der Waals surface area contributed by atoms with Gasteiger partial charge in [-0.3, -0.25) is 4.90 Å². The molecule has 0 spiro atoms. The van der Waals surface area contributed by atoms with Crippen LogP contribution in [-0.2, 0) is 14.8 Å². The molecular formula is C27H34N2O4S. The Labute approximate surface area is 203 Å². The fraction of sp³-hybridized carbons (Fsp3) is 0.481. The van der Waals surface area contributed by atoms with E-state index in [1.807, 2.05) is 36.4 Å². The van der Waals surface area contributed by atoms with Crippen LogP contribution in [0.5, 0.6) is 5.75 Å². The van der Waals surface area contributed by atoms with Crippen LogP contribution in [0.4, 0.5) is 0 Å². The van der Waals surface area contributed by atoms with Gasteiger partial charge >= 0.3 is 0 Å². The second-order valence-electron chi connectivity index (χ2n) is 8.89. The number of ether oxygens (including phenoxy) is 2. The summed E-state index contributed by atoms with van der Waals surface area (Å²) in [5.74, 6) is 7.56. The van der Waals surface area contributed by atoms with Gasteiger partial charge in [0.2, 0.25) is 10.0 Å².